The maximum atomic E-state index is 13.8. The number of carbonyl (C=O) groups excluding carboxylic acids is 1. The van der Waals surface area contributed by atoms with Crippen molar-refractivity contribution in [3.63, 3.8) is 0 Å². The lowest BCUT2D eigenvalue weighted by molar-refractivity contribution is -0.137. The van der Waals surface area contributed by atoms with Crippen molar-refractivity contribution in [1.82, 2.24) is 9.55 Å². The van der Waals surface area contributed by atoms with E-state index in [1.807, 2.05) is 54.8 Å². The summed E-state index contributed by atoms with van der Waals surface area (Å²) in [4.78, 5) is 17.0. The lowest BCUT2D eigenvalue weighted by Crippen LogP contribution is -2.15. The molecule has 5 nitrogen and oxygen atoms in total. The molecular weight excluding hydrogens is 429 g/mol. The number of aryl methyl sites for hydroxylation is 2. The number of fused-ring (bicyclic) bond motifs is 1. The van der Waals surface area contributed by atoms with Crippen molar-refractivity contribution in [2.75, 3.05) is 6.61 Å². The van der Waals surface area contributed by atoms with Gasteiger partial charge in [0.15, 0.2) is 0 Å². The molecule has 0 aliphatic heterocycles. The van der Waals surface area contributed by atoms with Crippen molar-refractivity contribution >= 4 is 23.1 Å². The molecule has 2 aromatic heterocycles. The first-order chi connectivity index (χ1) is 16.4. The molecule has 0 amide bonds. The smallest absolute Gasteiger partial charge is 0.330 e. The van der Waals surface area contributed by atoms with Crippen LogP contribution in [0.15, 0.2) is 66.7 Å². The summed E-state index contributed by atoms with van der Waals surface area (Å²) in [6.07, 6.45) is 2.93. The zero-order valence-corrected chi connectivity index (χ0v) is 19.2. The largest absolute Gasteiger partial charge is 0.463 e. The number of halogens is 1. The van der Waals surface area contributed by atoms with Crippen molar-refractivity contribution in [1.29, 1.82) is 5.26 Å². The molecule has 34 heavy (non-hydrogen) atoms. The van der Waals surface area contributed by atoms with Crippen molar-refractivity contribution in [2.45, 2.75) is 26.8 Å². The van der Waals surface area contributed by atoms with Gasteiger partial charge in [-0.3, -0.25) is 0 Å². The number of nitriles is 1. The van der Waals surface area contributed by atoms with E-state index in [2.05, 4.69) is 6.07 Å². The van der Waals surface area contributed by atoms with Crippen LogP contribution in [0.4, 0.5) is 4.39 Å². The van der Waals surface area contributed by atoms with E-state index in [1.54, 1.807) is 25.1 Å². The van der Waals surface area contributed by atoms with Crippen LogP contribution in [0, 0.1) is 31.0 Å². The van der Waals surface area contributed by atoms with Crippen molar-refractivity contribution in [3.05, 3.63) is 106 Å². The van der Waals surface area contributed by atoms with Crippen LogP contribution < -0.4 is 0 Å². The normalized spacial score (nSPS) is 12.1. The Bertz CT molecular complexity index is 1410. The average Bonchev–Trinajstić information content (AvgIpc) is 3.13. The Balaban J connectivity index is 2.10. The molecule has 0 aliphatic rings. The second-order valence-corrected chi connectivity index (χ2v) is 7.97. The summed E-state index contributed by atoms with van der Waals surface area (Å²) in [5.41, 5.74) is 5.04. The summed E-state index contributed by atoms with van der Waals surface area (Å²) in [7, 11) is 0. The van der Waals surface area contributed by atoms with Crippen LogP contribution in [0.25, 0.3) is 17.1 Å². The van der Waals surface area contributed by atoms with Gasteiger partial charge < -0.3 is 9.30 Å². The molecule has 2 heterocycles. The average molecular weight is 454 g/mol. The molecule has 0 saturated heterocycles. The molecule has 0 saturated carbocycles. The Morgan fingerprint density at radius 2 is 1.82 bits per heavy atom. The standard InChI is InChI=1S/C28H24FN3O2/c1-4-34-25(33)15-14-24-23(17-30)26-18(2)16-19(3)31-28(26)32(24)27(20-8-6-5-7-9-20)21-10-12-22(29)13-11-21/h5-16,27H,4H2,1-3H3. The highest BCUT2D eigenvalue weighted by molar-refractivity contribution is 5.94. The maximum absolute atomic E-state index is 13.8. The fourth-order valence-corrected chi connectivity index (χ4v) is 4.31. The number of pyridine rings is 1. The summed E-state index contributed by atoms with van der Waals surface area (Å²) < 4.78 is 20.8. The number of hydrogen-bond donors (Lipinski definition) is 0. The van der Waals surface area contributed by atoms with Crippen LogP contribution in [0.1, 0.15) is 46.6 Å². The Hall–Kier alpha value is -4.24. The molecule has 0 spiro atoms. The first-order valence-corrected chi connectivity index (χ1v) is 11.0. The molecule has 0 fully saturated rings. The quantitative estimate of drug-likeness (QED) is 0.270. The SMILES string of the molecule is CCOC(=O)C=Cc1c(C#N)c2c(C)cc(C)nc2n1C(c1ccccc1)c1ccc(F)cc1. The van der Waals surface area contributed by atoms with Crippen LogP contribution >= 0.6 is 0 Å². The predicted octanol–water partition coefficient (Wildman–Crippen LogP) is 5.88. The van der Waals surface area contributed by atoms with Crippen LogP contribution in [0.5, 0.6) is 0 Å². The topological polar surface area (TPSA) is 67.9 Å². The molecule has 0 N–H and O–H groups in total. The monoisotopic (exact) mass is 453 g/mol. The van der Waals surface area contributed by atoms with Crippen LogP contribution in [0.2, 0.25) is 0 Å². The highest BCUT2D eigenvalue weighted by Crippen LogP contribution is 2.37. The first kappa shape index (κ1) is 22.9. The van der Waals surface area contributed by atoms with E-state index in [0.717, 1.165) is 27.8 Å². The molecular formula is C28H24FN3O2. The molecule has 0 bridgehead atoms. The predicted molar refractivity (Wildman–Crippen MR) is 130 cm³/mol. The lowest BCUT2D eigenvalue weighted by Gasteiger charge is -2.23. The number of rotatable bonds is 6. The molecule has 1 atom stereocenters. The van der Waals surface area contributed by atoms with Gasteiger partial charge in [-0.1, -0.05) is 42.5 Å². The van der Waals surface area contributed by atoms with E-state index < -0.39 is 12.0 Å². The van der Waals surface area contributed by atoms with Crippen molar-refractivity contribution in [3.8, 4) is 6.07 Å². The van der Waals surface area contributed by atoms with Gasteiger partial charge in [0.05, 0.1) is 23.9 Å². The lowest BCUT2D eigenvalue weighted by atomic mass is 9.98. The van der Waals surface area contributed by atoms with Crippen molar-refractivity contribution < 1.29 is 13.9 Å². The van der Waals surface area contributed by atoms with Gasteiger partial charge in [-0.2, -0.15) is 5.26 Å². The van der Waals surface area contributed by atoms with E-state index in [4.69, 9.17) is 9.72 Å². The summed E-state index contributed by atoms with van der Waals surface area (Å²) in [5.74, 6) is -0.833. The number of benzene rings is 2. The third-order valence-corrected chi connectivity index (χ3v) is 5.65. The fourth-order valence-electron chi connectivity index (χ4n) is 4.31. The summed E-state index contributed by atoms with van der Waals surface area (Å²) >= 11 is 0. The number of hydrogen-bond acceptors (Lipinski definition) is 4. The minimum atomic E-state index is -0.498. The Morgan fingerprint density at radius 3 is 2.47 bits per heavy atom. The second-order valence-electron chi connectivity index (χ2n) is 7.97. The van der Waals surface area contributed by atoms with Crippen LogP contribution in [-0.4, -0.2) is 22.1 Å². The number of carbonyl (C=O) groups is 1. The Morgan fingerprint density at radius 1 is 1.15 bits per heavy atom. The van der Waals surface area contributed by atoms with E-state index >= 15 is 0 Å². The number of nitrogens with zero attached hydrogens (tertiary/aromatic N) is 3. The van der Waals surface area contributed by atoms with Gasteiger partial charge in [-0.15, -0.1) is 0 Å². The molecule has 2 aromatic carbocycles. The van der Waals surface area contributed by atoms with E-state index in [0.29, 0.717) is 16.9 Å². The summed E-state index contributed by atoms with van der Waals surface area (Å²) in [6, 6.07) is 19.9. The van der Waals surface area contributed by atoms with E-state index in [9.17, 15) is 14.4 Å². The summed E-state index contributed by atoms with van der Waals surface area (Å²) in [6.45, 7) is 5.83. The number of ether oxygens (including phenoxy) is 1. The zero-order valence-electron chi connectivity index (χ0n) is 19.2. The number of aromatic nitrogens is 2. The molecule has 0 radical (unpaired) electrons. The number of esters is 1. The van der Waals surface area contributed by atoms with Gasteiger partial charge in [0.2, 0.25) is 0 Å². The first-order valence-electron chi connectivity index (χ1n) is 11.0. The highest BCUT2D eigenvalue weighted by Gasteiger charge is 2.26. The van der Waals surface area contributed by atoms with Gasteiger partial charge in [-0.05, 0) is 61.7 Å². The molecule has 170 valence electrons. The van der Waals surface area contributed by atoms with Crippen LogP contribution in [-0.2, 0) is 9.53 Å². The highest BCUT2D eigenvalue weighted by atomic mass is 19.1. The van der Waals surface area contributed by atoms with Gasteiger partial charge >= 0.3 is 5.97 Å². The molecule has 6 heteroatoms. The Labute approximate surface area is 197 Å². The van der Waals surface area contributed by atoms with Crippen LogP contribution in [0.3, 0.4) is 0 Å². The Kier molecular flexibility index (Phi) is 6.55. The third kappa shape index (κ3) is 4.33. The van der Waals surface area contributed by atoms with Crippen molar-refractivity contribution in [2.24, 2.45) is 0 Å². The molecule has 4 rings (SSSR count). The fraction of sp³-hybridized carbons (Fsp3) is 0.179. The van der Waals surface area contributed by atoms with E-state index in [-0.39, 0.29) is 12.4 Å². The minimum absolute atomic E-state index is 0.249. The summed E-state index contributed by atoms with van der Waals surface area (Å²) in [5, 5.41) is 10.9. The van der Waals surface area contributed by atoms with E-state index in [1.165, 1.54) is 18.2 Å². The van der Waals surface area contributed by atoms with Gasteiger partial charge in [0, 0.05) is 17.2 Å². The molecule has 4 aromatic rings. The van der Waals surface area contributed by atoms with Gasteiger partial charge in [-0.25, -0.2) is 14.2 Å². The maximum Gasteiger partial charge on any atom is 0.330 e. The second kappa shape index (κ2) is 9.72. The zero-order chi connectivity index (χ0) is 24.2. The van der Waals surface area contributed by atoms with Gasteiger partial charge in [0.25, 0.3) is 0 Å². The minimum Gasteiger partial charge on any atom is -0.463 e. The molecule has 0 aliphatic carbocycles. The third-order valence-electron chi connectivity index (χ3n) is 5.65. The molecule has 1 unspecified atom stereocenters. The van der Waals surface area contributed by atoms with Gasteiger partial charge in [0.1, 0.15) is 17.5 Å².